The van der Waals surface area contributed by atoms with Crippen LogP contribution in [0.2, 0.25) is 0 Å². The molecular weight excluding hydrogens is 308 g/mol. The monoisotopic (exact) mass is 326 g/mol. The van der Waals surface area contributed by atoms with Gasteiger partial charge in [0.15, 0.2) is 0 Å². The van der Waals surface area contributed by atoms with E-state index in [1.807, 2.05) is 61.5 Å². The first kappa shape index (κ1) is 15.7. The molecule has 0 radical (unpaired) electrons. The van der Waals surface area contributed by atoms with Crippen LogP contribution in [0.25, 0.3) is 0 Å². The van der Waals surface area contributed by atoms with E-state index in [0.717, 1.165) is 11.1 Å². The zero-order chi connectivity index (χ0) is 16.1. The molecule has 1 N–H and O–H groups in total. The average Bonchev–Trinajstić information content (AvgIpc) is 3.01. The smallest absolute Gasteiger partial charge is 0.209 e. The fourth-order valence-corrected chi connectivity index (χ4v) is 3.04. The zero-order valence-corrected chi connectivity index (χ0v) is 13.6. The number of nitrogens with zero attached hydrogens (tertiary/aromatic N) is 4. The van der Waals surface area contributed by atoms with Crippen LogP contribution in [0.1, 0.15) is 22.8 Å². The number of hydrogen-bond acceptors (Lipinski definition) is 5. The Labute approximate surface area is 139 Å². The van der Waals surface area contributed by atoms with Gasteiger partial charge in [-0.3, -0.25) is 0 Å². The topological polar surface area (TPSA) is 63.8 Å². The Bertz CT molecular complexity index is 743. The first-order valence-corrected chi connectivity index (χ1v) is 8.38. The second-order valence-electron chi connectivity index (χ2n) is 5.34. The number of rotatable bonds is 6. The van der Waals surface area contributed by atoms with Gasteiger partial charge in [0.25, 0.3) is 0 Å². The van der Waals surface area contributed by atoms with E-state index in [9.17, 15) is 5.11 Å². The lowest BCUT2D eigenvalue weighted by Crippen LogP contribution is -2.06. The Balaban J connectivity index is 1.62. The van der Waals surface area contributed by atoms with Crippen LogP contribution in [0.3, 0.4) is 0 Å². The second-order valence-corrected chi connectivity index (χ2v) is 6.33. The van der Waals surface area contributed by atoms with Crippen molar-refractivity contribution in [1.29, 1.82) is 0 Å². The molecule has 0 amide bonds. The number of aliphatic hydroxyl groups is 1. The van der Waals surface area contributed by atoms with Gasteiger partial charge in [0.1, 0.15) is 0 Å². The lowest BCUT2D eigenvalue weighted by atomic mass is 10.1. The van der Waals surface area contributed by atoms with Crippen LogP contribution in [0.5, 0.6) is 0 Å². The highest BCUT2D eigenvalue weighted by Gasteiger charge is 2.12. The lowest BCUT2D eigenvalue weighted by Gasteiger charge is -2.10. The van der Waals surface area contributed by atoms with Crippen molar-refractivity contribution in [1.82, 2.24) is 20.2 Å². The molecule has 0 saturated heterocycles. The van der Waals surface area contributed by atoms with Crippen LogP contribution < -0.4 is 0 Å². The molecule has 5 nitrogen and oxygen atoms in total. The van der Waals surface area contributed by atoms with E-state index in [0.29, 0.717) is 17.5 Å². The standard InChI is InChI=1S/C17H18N4OS/c1-13-7-9-15(10-8-13)16(22)12-23-17-18-19-20-21(17)11-14-5-3-2-4-6-14/h2-10,16,22H,11-12H2,1H3. The molecule has 0 aliphatic carbocycles. The van der Waals surface area contributed by atoms with E-state index in [-0.39, 0.29) is 0 Å². The Kier molecular flexibility index (Phi) is 5.05. The van der Waals surface area contributed by atoms with E-state index in [2.05, 4.69) is 15.5 Å². The fraction of sp³-hybridized carbons (Fsp3) is 0.235. The van der Waals surface area contributed by atoms with Gasteiger partial charge in [-0.15, -0.1) is 5.10 Å². The molecule has 0 spiro atoms. The van der Waals surface area contributed by atoms with Crippen molar-refractivity contribution in [2.24, 2.45) is 0 Å². The van der Waals surface area contributed by atoms with E-state index in [4.69, 9.17) is 0 Å². The molecule has 118 valence electrons. The SMILES string of the molecule is Cc1ccc(C(O)CSc2nnnn2Cc2ccccc2)cc1. The molecule has 1 unspecified atom stereocenters. The normalized spacial score (nSPS) is 12.3. The van der Waals surface area contributed by atoms with Gasteiger partial charge in [-0.25, -0.2) is 4.68 Å². The van der Waals surface area contributed by atoms with Crippen LogP contribution in [0, 0.1) is 6.92 Å². The molecule has 1 atom stereocenters. The summed E-state index contributed by atoms with van der Waals surface area (Å²) >= 11 is 1.46. The van der Waals surface area contributed by atoms with Crippen molar-refractivity contribution >= 4 is 11.8 Å². The van der Waals surface area contributed by atoms with Crippen LogP contribution in [-0.2, 0) is 6.54 Å². The van der Waals surface area contributed by atoms with E-state index < -0.39 is 6.10 Å². The summed E-state index contributed by atoms with van der Waals surface area (Å²) < 4.78 is 1.75. The van der Waals surface area contributed by atoms with Crippen molar-refractivity contribution in [2.75, 3.05) is 5.75 Å². The van der Waals surface area contributed by atoms with Crippen molar-refractivity contribution in [3.05, 3.63) is 71.3 Å². The number of aliphatic hydroxyl groups excluding tert-OH is 1. The number of tetrazole rings is 1. The minimum absolute atomic E-state index is 0.512. The van der Waals surface area contributed by atoms with E-state index >= 15 is 0 Å². The molecule has 3 aromatic rings. The first-order valence-electron chi connectivity index (χ1n) is 7.40. The molecular formula is C17H18N4OS. The summed E-state index contributed by atoms with van der Waals surface area (Å²) in [6, 6.07) is 18.0. The summed E-state index contributed by atoms with van der Waals surface area (Å²) in [7, 11) is 0. The summed E-state index contributed by atoms with van der Waals surface area (Å²) in [5.74, 6) is 0.512. The van der Waals surface area contributed by atoms with Gasteiger partial charge in [-0.1, -0.05) is 71.9 Å². The molecule has 6 heteroatoms. The van der Waals surface area contributed by atoms with Gasteiger partial charge < -0.3 is 5.11 Å². The van der Waals surface area contributed by atoms with E-state index in [1.54, 1.807) is 4.68 Å². The quantitative estimate of drug-likeness (QED) is 0.706. The zero-order valence-electron chi connectivity index (χ0n) is 12.8. The third-order valence-corrected chi connectivity index (χ3v) is 4.54. The maximum Gasteiger partial charge on any atom is 0.209 e. The molecule has 1 heterocycles. The Morgan fingerprint density at radius 1 is 1.09 bits per heavy atom. The van der Waals surface area contributed by atoms with E-state index in [1.165, 1.54) is 17.3 Å². The maximum atomic E-state index is 10.3. The van der Waals surface area contributed by atoms with Gasteiger partial charge in [0, 0.05) is 5.75 Å². The highest BCUT2D eigenvalue weighted by molar-refractivity contribution is 7.99. The Morgan fingerprint density at radius 3 is 2.57 bits per heavy atom. The first-order chi connectivity index (χ1) is 11.2. The summed E-state index contributed by atoms with van der Waals surface area (Å²) in [6.45, 7) is 2.65. The number of aromatic nitrogens is 4. The predicted molar refractivity (Wildman–Crippen MR) is 90.2 cm³/mol. The van der Waals surface area contributed by atoms with Crippen LogP contribution in [-0.4, -0.2) is 31.1 Å². The lowest BCUT2D eigenvalue weighted by molar-refractivity contribution is 0.204. The predicted octanol–water partition coefficient (Wildman–Crippen LogP) is 2.86. The third kappa shape index (κ3) is 4.18. The van der Waals surface area contributed by atoms with Gasteiger partial charge in [0.05, 0.1) is 12.6 Å². The summed E-state index contributed by atoms with van der Waals surface area (Å²) in [5, 5.41) is 22.8. The van der Waals surface area contributed by atoms with Crippen molar-refractivity contribution in [3.8, 4) is 0 Å². The summed E-state index contributed by atoms with van der Waals surface area (Å²) in [4.78, 5) is 0. The van der Waals surface area contributed by atoms with Crippen molar-refractivity contribution in [3.63, 3.8) is 0 Å². The molecule has 0 bridgehead atoms. The molecule has 3 rings (SSSR count). The largest absolute Gasteiger partial charge is 0.388 e. The number of aryl methyl sites for hydroxylation is 1. The Hall–Kier alpha value is -2.18. The Morgan fingerprint density at radius 2 is 1.83 bits per heavy atom. The highest BCUT2D eigenvalue weighted by atomic mass is 32.2. The van der Waals surface area contributed by atoms with Gasteiger partial charge >= 0.3 is 0 Å². The minimum atomic E-state index is -0.539. The van der Waals surface area contributed by atoms with Crippen LogP contribution in [0.15, 0.2) is 59.8 Å². The summed E-state index contributed by atoms with van der Waals surface area (Å²) in [5.41, 5.74) is 3.23. The molecule has 0 aliphatic heterocycles. The number of benzene rings is 2. The van der Waals surface area contributed by atoms with Crippen molar-refractivity contribution < 1.29 is 5.11 Å². The van der Waals surface area contributed by atoms with Gasteiger partial charge in [-0.2, -0.15) is 0 Å². The number of thioether (sulfide) groups is 1. The molecule has 1 aromatic heterocycles. The van der Waals surface area contributed by atoms with Crippen LogP contribution >= 0.6 is 11.8 Å². The molecule has 0 fully saturated rings. The molecule has 0 aliphatic rings. The second kappa shape index (κ2) is 7.39. The third-order valence-electron chi connectivity index (χ3n) is 3.51. The highest BCUT2D eigenvalue weighted by Crippen LogP contribution is 2.23. The minimum Gasteiger partial charge on any atom is -0.388 e. The molecule has 2 aromatic carbocycles. The molecule has 23 heavy (non-hydrogen) atoms. The summed E-state index contributed by atoms with van der Waals surface area (Å²) in [6.07, 6.45) is -0.539. The van der Waals surface area contributed by atoms with Crippen LogP contribution in [0.4, 0.5) is 0 Å². The maximum absolute atomic E-state index is 10.3. The fourth-order valence-electron chi connectivity index (χ4n) is 2.19. The average molecular weight is 326 g/mol. The molecule has 0 saturated carbocycles. The van der Waals surface area contributed by atoms with Gasteiger partial charge in [-0.05, 0) is 28.5 Å². The van der Waals surface area contributed by atoms with Crippen molar-refractivity contribution in [2.45, 2.75) is 24.7 Å². The number of hydrogen-bond donors (Lipinski definition) is 1. The van der Waals surface area contributed by atoms with Gasteiger partial charge in [0.2, 0.25) is 5.16 Å².